The molecule has 0 unspecified atom stereocenters. The summed E-state index contributed by atoms with van der Waals surface area (Å²) in [6.45, 7) is 0.858. The van der Waals surface area contributed by atoms with Gasteiger partial charge in [0.15, 0.2) is 0 Å². The van der Waals surface area contributed by atoms with Crippen LogP contribution >= 0.6 is 0 Å². The average Bonchev–Trinajstić information content (AvgIpc) is 2.74. The number of carboxylic acids is 1. The molecule has 0 bridgehead atoms. The number of carboxylic acid groups (broad SMARTS) is 1. The quantitative estimate of drug-likeness (QED) is 0.669. The van der Waals surface area contributed by atoms with Crippen molar-refractivity contribution in [1.82, 2.24) is 5.32 Å². The third kappa shape index (κ3) is 4.23. The van der Waals surface area contributed by atoms with Crippen molar-refractivity contribution in [3.63, 3.8) is 0 Å². The van der Waals surface area contributed by atoms with Gasteiger partial charge in [0.2, 0.25) is 0 Å². The van der Waals surface area contributed by atoms with E-state index < -0.39 is 5.97 Å². The van der Waals surface area contributed by atoms with Crippen molar-refractivity contribution >= 4 is 5.97 Å². The summed E-state index contributed by atoms with van der Waals surface area (Å²) >= 11 is 0. The maximum Gasteiger partial charge on any atom is 0.320 e. The molecule has 3 heteroatoms. The molecule has 0 radical (unpaired) electrons. The van der Waals surface area contributed by atoms with Crippen molar-refractivity contribution in [1.29, 1.82) is 0 Å². The molecule has 1 fully saturated rings. The van der Waals surface area contributed by atoms with Crippen LogP contribution in [-0.2, 0) is 4.79 Å². The van der Waals surface area contributed by atoms with Gasteiger partial charge in [-0.2, -0.15) is 0 Å². The lowest BCUT2D eigenvalue weighted by Crippen LogP contribution is -2.29. The van der Waals surface area contributed by atoms with E-state index in [-0.39, 0.29) is 6.04 Å². The SMILES string of the molecule is C1=CCCC=C1.O=C(O)[C@@H]1CCCN1. The van der Waals surface area contributed by atoms with Gasteiger partial charge in [-0.05, 0) is 32.2 Å². The molecule has 1 heterocycles. The third-order valence-corrected chi connectivity index (χ3v) is 2.24. The number of carbonyl (C=O) groups is 1. The molecule has 2 aliphatic rings. The van der Waals surface area contributed by atoms with Gasteiger partial charge in [0, 0.05) is 0 Å². The van der Waals surface area contributed by atoms with Crippen molar-refractivity contribution < 1.29 is 9.90 Å². The zero-order chi connectivity index (χ0) is 10.2. The Morgan fingerprint density at radius 1 is 1.29 bits per heavy atom. The second kappa shape index (κ2) is 6.38. The van der Waals surface area contributed by atoms with E-state index in [1.54, 1.807) is 0 Å². The first-order chi connectivity index (χ1) is 6.80. The molecule has 1 atom stereocenters. The molecule has 1 aliphatic heterocycles. The summed E-state index contributed by atoms with van der Waals surface area (Å²) < 4.78 is 0. The van der Waals surface area contributed by atoms with Gasteiger partial charge in [0.1, 0.15) is 6.04 Å². The molecular weight excluding hydrogens is 178 g/mol. The summed E-state index contributed by atoms with van der Waals surface area (Å²) in [6, 6.07) is -0.269. The minimum absolute atomic E-state index is 0.269. The first kappa shape index (κ1) is 11.0. The third-order valence-electron chi connectivity index (χ3n) is 2.24. The molecule has 78 valence electrons. The molecule has 0 spiro atoms. The minimum Gasteiger partial charge on any atom is -0.480 e. The monoisotopic (exact) mass is 195 g/mol. The van der Waals surface area contributed by atoms with Gasteiger partial charge in [-0.15, -0.1) is 0 Å². The van der Waals surface area contributed by atoms with E-state index in [9.17, 15) is 4.79 Å². The fourth-order valence-corrected chi connectivity index (χ4v) is 1.44. The van der Waals surface area contributed by atoms with Gasteiger partial charge < -0.3 is 10.4 Å². The second-order valence-electron chi connectivity index (χ2n) is 3.42. The normalized spacial score (nSPS) is 24.1. The average molecular weight is 195 g/mol. The molecule has 1 saturated heterocycles. The Balaban J connectivity index is 0.000000146. The summed E-state index contributed by atoms with van der Waals surface area (Å²) in [4.78, 5) is 10.1. The lowest BCUT2D eigenvalue weighted by molar-refractivity contribution is -0.139. The number of nitrogens with one attached hydrogen (secondary N) is 1. The number of hydrogen-bond donors (Lipinski definition) is 2. The van der Waals surface area contributed by atoms with Crippen LogP contribution in [0.5, 0.6) is 0 Å². The highest BCUT2D eigenvalue weighted by Crippen LogP contribution is 2.03. The Morgan fingerprint density at radius 2 is 1.93 bits per heavy atom. The van der Waals surface area contributed by atoms with Crippen molar-refractivity contribution in [2.75, 3.05) is 6.54 Å². The van der Waals surface area contributed by atoms with Gasteiger partial charge in [-0.25, -0.2) is 0 Å². The van der Waals surface area contributed by atoms with Crippen LogP contribution in [0.3, 0.4) is 0 Å². The largest absolute Gasteiger partial charge is 0.480 e. The van der Waals surface area contributed by atoms with E-state index in [1.807, 2.05) is 0 Å². The molecule has 0 aromatic rings. The lowest BCUT2D eigenvalue weighted by atomic mass is 10.2. The van der Waals surface area contributed by atoms with E-state index in [2.05, 4.69) is 29.6 Å². The van der Waals surface area contributed by atoms with Gasteiger partial charge in [0.05, 0.1) is 0 Å². The number of hydrogen-bond acceptors (Lipinski definition) is 2. The predicted octanol–water partition coefficient (Wildman–Crippen LogP) is 1.72. The van der Waals surface area contributed by atoms with Crippen LogP contribution in [0.2, 0.25) is 0 Å². The van der Waals surface area contributed by atoms with Crippen molar-refractivity contribution in [3.8, 4) is 0 Å². The Kier molecular flexibility index (Phi) is 5.00. The fourth-order valence-electron chi connectivity index (χ4n) is 1.44. The van der Waals surface area contributed by atoms with Crippen LogP contribution in [0.4, 0.5) is 0 Å². The lowest BCUT2D eigenvalue weighted by Gasteiger charge is -1.99. The first-order valence-corrected chi connectivity index (χ1v) is 5.08. The topological polar surface area (TPSA) is 49.3 Å². The van der Waals surface area contributed by atoms with Crippen LogP contribution in [0, 0.1) is 0 Å². The highest BCUT2D eigenvalue weighted by molar-refractivity contribution is 5.73. The van der Waals surface area contributed by atoms with Crippen LogP contribution in [0.25, 0.3) is 0 Å². The maximum absolute atomic E-state index is 10.1. The Hall–Kier alpha value is -1.09. The molecule has 2 rings (SSSR count). The smallest absolute Gasteiger partial charge is 0.320 e. The van der Waals surface area contributed by atoms with Crippen molar-refractivity contribution in [2.24, 2.45) is 0 Å². The standard InChI is InChI=1S/C6H8.C5H9NO2/c1-2-4-6-5-3-1;7-5(8)4-2-1-3-6-4/h1-4H,5-6H2;4,6H,1-3H2,(H,7,8)/t;4-/m.0/s1. The summed E-state index contributed by atoms with van der Waals surface area (Å²) in [5, 5.41) is 11.2. The molecule has 14 heavy (non-hydrogen) atoms. The minimum atomic E-state index is -0.720. The van der Waals surface area contributed by atoms with Gasteiger partial charge >= 0.3 is 5.97 Å². The van der Waals surface area contributed by atoms with E-state index in [0.29, 0.717) is 0 Å². The molecule has 0 aromatic carbocycles. The summed E-state index contributed by atoms with van der Waals surface area (Å²) in [7, 11) is 0. The number of rotatable bonds is 1. The molecule has 0 saturated carbocycles. The van der Waals surface area contributed by atoms with Crippen LogP contribution < -0.4 is 5.32 Å². The zero-order valence-corrected chi connectivity index (χ0v) is 8.28. The number of allylic oxidation sites excluding steroid dienone is 4. The fraction of sp³-hybridized carbons (Fsp3) is 0.545. The molecule has 3 nitrogen and oxygen atoms in total. The summed E-state index contributed by atoms with van der Waals surface area (Å²) in [5.74, 6) is -0.720. The van der Waals surface area contributed by atoms with Crippen LogP contribution in [-0.4, -0.2) is 23.7 Å². The summed E-state index contributed by atoms with van der Waals surface area (Å²) in [6.07, 6.45) is 12.8. The molecule has 0 amide bonds. The van der Waals surface area contributed by atoms with E-state index >= 15 is 0 Å². The highest BCUT2D eigenvalue weighted by atomic mass is 16.4. The van der Waals surface area contributed by atoms with E-state index in [0.717, 1.165) is 19.4 Å². The zero-order valence-electron chi connectivity index (χ0n) is 8.28. The maximum atomic E-state index is 10.1. The van der Waals surface area contributed by atoms with Gasteiger partial charge in [0.25, 0.3) is 0 Å². The van der Waals surface area contributed by atoms with Gasteiger partial charge in [-0.1, -0.05) is 24.3 Å². The second-order valence-corrected chi connectivity index (χ2v) is 3.42. The molecule has 2 N–H and O–H groups in total. The Labute approximate surface area is 84.5 Å². The summed E-state index contributed by atoms with van der Waals surface area (Å²) in [5.41, 5.74) is 0. The first-order valence-electron chi connectivity index (χ1n) is 5.08. The Morgan fingerprint density at radius 3 is 2.14 bits per heavy atom. The molecule has 0 aromatic heterocycles. The van der Waals surface area contributed by atoms with E-state index in [4.69, 9.17) is 5.11 Å². The van der Waals surface area contributed by atoms with Crippen LogP contribution in [0.1, 0.15) is 25.7 Å². The molecule has 1 aliphatic carbocycles. The highest BCUT2D eigenvalue weighted by Gasteiger charge is 2.20. The van der Waals surface area contributed by atoms with E-state index in [1.165, 1.54) is 12.8 Å². The number of aliphatic carboxylic acids is 1. The van der Waals surface area contributed by atoms with Crippen LogP contribution in [0.15, 0.2) is 24.3 Å². The predicted molar refractivity (Wildman–Crippen MR) is 56.2 cm³/mol. The Bertz CT molecular complexity index is 215. The van der Waals surface area contributed by atoms with Crippen molar-refractivity contribution in [2.45, 2.75) is 31.7 Å². The van der Waals surface area contributed by atoms with Crippen molar-refractivity contribution in [3.05, 3.63) is 24.3 Å². The van der Waals surface area contributed by atoms with Gasteiger partial charge in [-0.3, -0.25) is 4.79 Å². The molecular formula is C11H17NO2.